The highest BCUT2D eigenvalue weighted by Crippen LogP contribution is 2.38. The van der Waals surface area contributed by atoms with Crippen LogP contribution in [0.25, 0.3) is 10.4 Å². The largest absolute Gasteiger partial charge is 0.465 e. The van der Waals surface area contributed by atoms with Gasteiger partial charge >= 0.3 is 5.97 Å². The Morgan fingerprint density at radius 2 is 2.24 bits per heavy atom. The van der Waals surface area contributed by atoms with Crippen molar-refractivity contribution in [2.75, 3.05) is 12.4 Å². The summed E-state index contributed by atoms with van der Waals surface area (Å²) in [6.07, 6.45) is 2.30. The Labute approximate surface area is 136 Å². The highest BCUT2D eigenvalue weighted by atomic mass is 32.1. The number of rotatable bonds is 4. The van der Waals surface area contributed by atoms with Gasteiger partial charge in [-0.15, -0.1) is 22.7 Å². The number of carbonyl (C=O) groups is 1. The maximum absolute atomic E-state index is 12.1. The molecule has 0 radical (unpaired) electrons. The molecule has 2 heterocycles. The molecule has 0 spiro atoms. The van der Waals surface area contributed by atoms with Crippen LogP contribution in [0.5, 0.6) is 0 Å². The molecule has 0 amide bonds. The lowest BCUT2D eigenvalue weighted by Gasteiger charge is -2.10. The summed E-state index contributed by atoms with van der Waals surface area (Å²) in [7, 11) is 1.39. The summed E-state index contributed by atoms with van der Waals surface area (Å²) in [5.41, 5.74) is 1.43. The third kappa shape index (κ3) is 3.25. The molecule has 1 saturated carbocycles. The van der Waals surface area contributed by atoms with Crippen LogP contribution < -0.4 is 10.6 Å². The van der Waals surface area contributed by atoms with E-state index >= 15 is 0 Å². The van der Waals surface area contributed by atoms with Gasteiger partial charge in [-0.1, -0.05) is 6.07 Å². The number of carbonyl (C=O) groups excluding carboxylic acids is 1. The Bertz CT molecular complexity index is 660. The SMILES string of the molecule is COC(=O)c1c(-c2cccs2)csc1NC(=S)NC1CC1. The van der Waals surface area contributed by atoms with Crippen LogP contribution in [0.4, 0.5) is 5.00 Å². The van der Waals surface area contributed by atoms with E-state index in [-0.39, 0.29) is 5.97 Å². The normalized spacial score (nSPS) is 13.8. The second-order valence-electron chi connectivity index (χ2n) is 4.70. The van der Waals surface area contributed by atoms with E-state index in [1.54, 1.807) is 11.3 Å². The molecule has 1 aliphatic rings. The lowest BCUT2D eigenvalue weighted by atomic mass is 10.1. The van der Waals surface area contributed by atoms with Crippen molar-refractivity contribution in [3.05, 3.63) is 28.5 Å². The first-order chi connectivity index (χ1) is 10.2. The van der Waals surface area contributed by atoms with Crippen LogP contribution in [0.3, 0.4) is 0 Å². The molecule has 3 rings (SSSR count). The molecule has 0 aliphatic heterocycles. The molecule has 110 valence electrons. The van der Waals surface area contributed by atoms with Crippen LogP contribution in [0, 0.1) is 0 Å². The molecule has 0 unspecified atom stereocenters. The molecular weight excluding hydrogens is 324 g/mol. The van der Waals surface area contributed by atoms with Crippen molar-refractivity contribution in [2.45, 2.75) is 18.9 Å². The summed E-state index contributed by atoms with van der Waals surface area (Å²) >= 11 is 8.33. The van der Waals surface area contributed by atoms with Crippen LogP contribution in [0.1, 0.15) is 23.2 Å². The third-order valence-electron chi connectivity index (χ3n) is 3.11. The van der Waals surface area contributed by atoms with Crippen LogP contribution >= 0.6 is 34.9 Å². The van der Waals surface area contributed by atoms with Crippen LogP contribution in [0.15, 0.2) is 22.9 Å². The first-order valence-corrected chi connectivity index (χ1v) is 8.67. The van der Waals surface area contributed by atoms with Gasteiger partial charge in [0.1, 0.15) is 10.6 Å². The minimum Gasteiger partial charge on any atom is -0.465 e. The number of ether oxygens (including phenoxy) is 1. The second-order valence-corrected chi connectivity index (χ2v) is 6.93. The van der Waals surface area contributed by atoms with E-state index in [9.17, 15) is 4.79 Å². The van der Waals surface area contributed by atoms with Crippen molar-refractivity contribution in [1.82, 2.24) is 5.32 Å². The number of hydrogen-bond acceptors (Lipinski definition) is 5. The average molecular weight is 338 g/mol. The van der Waals surface area contributed by atoms with Gasteiger partial charge in [0, 0.05) is 21.9 Å². The molecule has 7 heteroatoms. The number of nitrogens with one attached hydrogen (secondary N) is 2. The quantitative estimate of drug-likeness (QED) is 0.657. The summed E-state index contributed by atoms with van der Waals surface area (Å²) in [6.45, 7) is 0. The van der Waals surface area contributed by atoms with Crippen molar-refractivity contribution < 1.29 is 9.53 Å². The van der Waals surface area contributed by atoms with E-state index in [0.29, 0.717) is 16.7 Å². The minimum atomic E-state index is -0.351. The Kier molecular flexibility index (Phi) is 4.23. The summed E-state index contributed by atoms with van der Waals surface area (Å²) in [4.78, 5) is 13.2. The smallest absolute Gasteiger partial charge is 0.341 e. The van der Waals surface area contributed by atoms with Gasteiger partial charge in [0.2, 0.25) is 0 Å². The van der Waals surface area contributed by atoms with E-state index in [0.717, 1.165) is 28.3 Å². The van der Waals surface area contributed by atoms with Gasteiger partial charge in [-0.3, -0.25) is 0 Å². The van der Waals surface area contributed by atoms with Gasteiger partial charge in [-0.2, -0.15) is 0 Å². The molecule has 2 N–H and O–H groups in total. The van der Waals surface area contributed by atoms with Crippen molar-refractivity contribution in [1.29, 1.82) is 0 Å². The van der Waals surface area contributed by atoms with Gasteiger partial charge in [-0.25, -0.2) is 4.79 Å². The molecule has 0 aromatic carbocycles. The average Bonchev–Trinajstić information content (AvgIpc) is 2.97. The fourth-order valence-electron chi connectivity index (χ4n) is 1.92. The van der Waals surface area contributed by atoms with Crippen molar-refractivity contribution in [3.63, 3.8) is 0 Å². The van der Waals surface area contributed by atoms with Gasteiger partial charge in [-0.05, 0) is 36.5 Å². The molecule has 1 aliphatic carbocycles. The first kappa shape index (κ1) is 14.5. The molecule has 1 fully saturated rings. The summed E-state index contributed by atoms with van der Waals surface area (Å²) < 4.78 is 4.92. The molecule has 0 atom stereocenters. The third-order valence-corrected chi connectivity index (χ3v) is 5.13. The van der Waals surface area contributed by atoms with Crippen molar-refractivity contribution in [2.24, 2.45) is 0 Å². The van der Waals surface area contributed by atoms with E-state index in [4.69, 9.17) is 17.0 Å². The number of methoxy groups -OCH3 is 1. The number of anilines is 1. The predicted octanol–water partition coefficient (Wildman–Crippen LogP) is 3.71. The van der Waals surface area contributed by atoms with Crippen LogP contribution in [-0.2, 0) is 4.74 Å². The number of thiophene rings is 2. The predicted molar refractivity (Wildman–Crippen MR) is 91.3 cm³/mol. The van der Waals surface area contributed by atoms with E-state index in [2.05, 4.69) is 10.6 Å². The Morgan fingerprint density at radius 1 is 1.43 bits per heavy atom. The Morgan fingerprint density at radius 3 is 2.86 bits per heavy atom. The molecule has 21 heavy (non-hydrogen) atoms. The molecule has 2 aromatic rings. The Balaban J connectivity index is 1.88. The molecule has 4 nitrogen and oxygen atoms in total. The van der Waals surface area contributed by atoms with Gasteiger partial charge < -0.3 is 15.4 Å². The van der Waals surface area contributed by atoms with Gasteiger partial charge in [0.05, 0.1) is 7.11 Å². The van der Waals surface area contributed by atoms with Gasteiger partial charge in [0.15, 0.2) is 5.11 Å². The topological polar surface area (TPSA) is 50.4 Å². The van der Waals surface area contributed by atoms with Crippen LogP contribution in [0.2, 0.25) is 0 Å². The number of esters is 1. The minimum absolute atomic E-state index is 0.351. The van der Waals surface area contributed by atoms with Crippen LogP contribution in [-0.4, -0.2) is 24.2 Å². The van der Waals surface area contributed by atoms with Gasteiger partial charge in [0.25, 0.3) is 0 Å². The fraction of sp³-hybridized carbons (Fsp3) is 0.286. The number of hydrogen-bond donors (Lipinski definition) is 2. The lowest BCUT2D eigenvalue weighted by molar-refractivity contribution is 0.0603. The van der Waals surface area contributed by atoms with E-state index in [1.807, 2.05) is 22.9 Å². The van der Waals surface area contributed by atoms with E-state index in [1.165, 1.54) is 18.4 Å². The number of thiocarbonyl (C=S) groups is 1. The molecule has 0 bridgehead atoms. The lowest BCUT2D eigenvalue weighted by Crippen LogP contribution is -2.30. The zero-order chi connectivity index (χ0) is 14.8. The maximum Gasteiger partial charge on any atom is 0.341 e. The van der Waals surface area contributed by atoms with Crippen molar-refractivity contribution in [3.8, 4) is 10.4 Å². The second kappa shape index (κ2) is 6.13. The Hall–Kier alpha value is -1.44. The first-order valence-electron chi connectivity index (χ1n) is 6.50. The highest BCUT2D eigenvalue weighted by molar-refractivity contribution is 7.80. The van der Waals surface area contributed by atoms with E-state index < -0.39 is 0 Å². The molecule has 0 saturated heterocycles. The molecular formula is C14H14N2O2S3. The summed E-state index contributed by atoms with van der Waals surface area (Å²) in [5.74, 6) is -0.351. The highest BCUT2D eigenvalue weighted by Gasteiger charge is 2.25. The maximum atomic E-state index is 12.1. The molecule has 2 aromatic heterocycles. The summed E-state index contributed by atoms with van der Waals surface area (Å²) in [6, 6.07) is 4.43. The summed E-state index contributed by atoms with van der Waals surface area (Å²) in [5, 5.41) is 11.6. The monoisotopic (exact) mass is 338 g/mol. The fourth-order valence-corrected chi connectivity index (χ4v) is 4.03. The zero-order valence-corrected chi connectivity index (χ0v) is 13.8. The van der Waals surface area contributed by atoms with Crippen molar-refractivity contribution >= 4 is 51.0 Å². The zero-order valence-electron chi connectivity index (χ0n) is 11.3. The standard InChI is InChI=1S/C14H14N2O2S3/c1-18-13(17)11-9(10-3-2-6-20-10)7-21-12(11)16-14(19)15-8-4-5-8/h2-3,6-8H,4-5H2,1H3,(H2,15,16,19).